The number of fused-ring (bicyclic) bond motifs is 8. The topological polar surface area (TPSA) is 19.6 Å². The summed E-state index contributed by atoms with van der Waals surface area (Å²) in [6.45, 7) is 0.0925. The molecule has 4 heteroatoms. The molecular weight excluding hydrogens is 607 g/mol. The van der Waals surface area contributed by atoms with Gasteiger partial charge in [0, 0.05) is 44.9 Å². The van der Waals surface area contributed by atoms with Crippen LogP contribution in [0.25, 0.3) is 43.8 Å². The predicted molar refractivity (Wildman–Crippen MR) is 211 cm³/mol. The Morgan fingerprint density at radius 3 is 1.70 bits per heavy atom. The number of nitrogens with zero attached hydrogens (tertiary/aromatic N) is 2. The van der Waals surface area contributed by atoms with Crippen molar-refractivity contribution in [2.24, 2.45) is 0 Å². The van der Waals surface area contributed by atoms with Gasteiger partial charge >= 0.3 is 0 Å². The molecule has 0 bridgehead atoms. The first-order chi connectivity index (χ1) is 24.8. The highest BCUT2D eigenvalue weighted by Crippen LogP contribution is 2.44. The van der Waals surface area contributed by atoms with Crippen molar-refractivity contribution >= 4 is 89.9 Å². The molecule has 0 aliphatic carbocycles. The molecule has 0 fully saturated rings. The summed E-state index contributed by atoms with van der Waals surface area (Å²) >= 11 is 0. The monoisotopic (exact) mass is 636 g/mol. The zero-order valence-corrected chi connectivity index (χ0v) is 27.1. The molecule has 0 atom stereocenters. The Morgan fingerprint density at radius 2 is 0.940 bits per heavy atom. The molecule has 11 rings (SSSR count). The van der Waals surface area contributed by atoms with Crippen molar-refractivity contribution in [1.29, 1.82) is 0 Å². The molecule has 0 unspecified atom stereocenters. The van der Waals surface area contributed by atoms with Gasteiger partial charge < -0.3 is 14.2 Å². The van der Waals surface area contributed by atoms with Crippen LogP contribution in [0, 0.1) is 0 Å². The Balaban J connectivity index is 1.14. The van der Waals surface area contributed by atoms with Crippen LogP contribution in [0.5, 0.6) is 0 Å². The molecule has 3 heterocycles. The van der Waals surface area contributed by atoms with E-state index in [0.29, 0.717) is 0 Å². The van der Waals surface area contributed by atoms with Crippen molar-refractivity contribution < 1.29 is 4.42 Å². The molecule has 2 aliphatic rings. The Labute approximate surface area is 290 Å². The lowest BCUT2D eigenvalue weighted by atomic mass is 9.33. The van der Waals surface area contributed by atoms with Crippen LogP contribution in [0.15, 0.2) is 180 Å². The van der Waals surface area contributed by atoms with Crippen molar-refractivity contribution in [2.45, 2.75) is 0 Å². The molecule has 0 spiro atoms. The first-order valence-electron chi connectivity index (χ1n) is 17.2. The van der Waals surface area contributed by atoms with Crippen LogP contribution in [-0.4, -0.2) is 6.71 Å². The summed E-state index contributed by atoms with van der Waals surface area (Å²) in [5.74, 6) is 0. The molecule has 0 saturated carbocycles. The van der Waals surface area contributed by atoms with Crippen LogP contribution >= 0.6 is 0 Å². The second kappa shape index (κ2) is 10.5. The van der Waals surface area contributed by atoms with Crippen LogP contribution < -0.4 is 26.2 Å². The lowest BCUT2D eigenvalue weighted by molar-refractivity contribution is 0.669. The third-order valence-corrected chi connectivity index (χ3v) is 10.6. The standard InChI is InChI=1S/C46H29BN2O/c1-3-14-34(15-4-1)48-40-19-10-9-18-38(40)47-39-24-22-33(28-43(39)49(35-16-5-2-6-17-35)42-21-11-20-41(48)46(42)47)32-23-25-44-36(27-32)37-26-30-12-7-8-13-31(30)29-45(37)50-44/h1-29H. The van der Waals surface area contributed by atoms with E-state index in [1.807, 2.05) is 0 Å². The molecule has 2 aliphatic heterocycles. The van der Waals surface area contributed by atoms with Crippen molar-refractivity contribution in [3.8, 4) is 11.1 Å². The van der Waals surface area contributed by atoms with E-state index >= 15 is 0 Å². The van der Waals surface area contributed by atoms with E-state index in [-0.39, 0.29) is 6.71 Å². The second-order valence-corrected chi connectivity index (χ2v) is 13.3. The third kappa shape index (κ3) is 3.93. The normalized spacial score (nSPS) is 13.1. The van der Waals surface area contributed by atoms with Gasteiger partial charge in [-0.05, 0) is 111 Å². The summed E-state index contributed by atoms with van der Waals surface area (Å²) in [4.78, 5) is 4.89. The molecule has 8 aromatic carbocycles. The molecule has 0 N–H and O–H groups in total. The van der Waals surface area contributed by atoms with E-state index in [0.717, 1.165) is 33.3 Å². The van der Waals surface area contributed by atoms with Gasteiger partial charge in [0.1, 0.15) is 11.2 Å². The zero-order chi connectivity index (χ0) is 32.8. The van der Waals surface area contributed by atoms with Crippen molar-refractivity contribution in [3.63, 3.8) is 0 Å². The highest BCUT2D eigenvalue weighted by Gasteiger charge is 2.42. The minimum Gasteiger partial charge on any atom is -0.456 e. The highest BCUT2D eigenvalue weighted by atomic mass is 16.3. The minimum absolute atomic E-state index is 0.0925. The fourth-order valence-electron chi connectivity index (χ4n) is 8.41. The minimum atomic E-state index is 0.0925. The van der Waals surface area contributed by atoms with E-state index in [4.69, 9.17) is 4.42 Å². The molecule has 0 radical (unpaired) electrons. The zero-order valence-electron chi connectivity index (χ0n) is 27.1. The summed E-state index contributed by atoms with van der Waals surface area (Å²) in [6.07, 6.45) is 0. The number of rotatable bonds is 3. The summed E-state index contributed by atoms with van der Waals surface area (Å²) < 4.78 is 6.36. The number of benzene rings is 8. The molecule has 50 heavy (non-hydrogen) atoms. The maximum absolute atomic E-state index is 6.36. The van der Waals surface area contributed by atoms with E-state index in [2.05, 4.69) is 186 Å². The van der Waals surface area contributed by atoms with Crippen LogP contribution in [0.1, 0.15) is 0 Å². The first-order valence-corrected chi connectivity index (χ1v) is 17.2. The number of para-hydroxylation sites is 3. The molecule has 0 amide bonds. The van der Waals surface area contributed by atoms with Crippen LogP contribution in [-0.2, 0) is 0 Å². The smallest absolute Gasteiger partial charge is 0.252 e. The van der Waals surface area contributed by atoms with Crippen LogP contribution in [0.3, 0.4) is 0 Å². The van der Waals surface area contributed by atoms with Gasteiger partial charge in [0.05, 0.1) is 0 Å². The van der Waals surface area contributed by atoms with Gasteiger partial charge in [-0.25, -0.2) is 0 Å². The van der Waals surface area contributed by atoms with Crippen molar-refractivity contribution in [2.75, 3.05) is 9.80 Å². The lowest BCUT2D eigenvalue weighted by Gasteiger charge is -2.44. The number of anilines is 6. The molecule has 232 valence electrons. The van der Waals surface area contributed by atoms with Crippen molar-refractivity contribution in [1.82, 2.24) is 0 Å². The van der Waals surface area contributed by atoms with E-state index < -0.39 is 0 Å². The summed E-state index contributed by atoms with van der Waals surface area (Å²) in [7, 11) is 0. The fraction of sp³-hybridized carbons (Fsp3) is 0. The van der Waals surface area contributed by atoms with Gasteiger partial charge in [-0.2, -0.15) is 0 Å². The van der Waals surface area contributed by atoms with Gasteiger partial charge in [0.25, 0.3) is 6.71 Å². The quantitative estimate of drug-likeness (QED) is 0.180. The Bertz CT molecular complexity index is 2790. The van der Waals surface area contributed by atoms with E-state index in [9.17, 15) is 0 Å². The van der Waals surface area contributed by atoms with Gasteiger partial charge in [-0.3, -0.25) is 0 Å². The largest absolute Gasteiger partial charge is 0.456 e. The first kappa shape index (κ1) is 27.4. The lowest BCUT2D eigenvalue weighted by Crippen LogP contribution is -2.61. The number of hydrogen-bond acceptors (Lipinski definition) is 3. The molecule has 0 saturated heterocycles. The Morgan fingerprint density at radius 1 is 0.380 bits per heavy atom. The van der Waals surface area contributed by atoms with E-state index in [1.54, 1.807) is 0 Å². The van der Waals surface area contributed by atoms with Gasteiger partial charge in [0.15, 0.2) is 0 Å². The fourth-order valence-corrected chi connectivity index (χ4v) is 8.41. The summed E-state index contributed by atoms with van der Waals surface area (Å²) in [5.41, 5.74) is 15.3. The maximum atomic E-state index is 6.36. The SMILES string of the molecule is c1ccc(N2c3ccccc3B3c4ccc(-c5ccc6oc7cc8ccccc8cc7c6c5)cc4N(c4ccccc4)c4cccc2c43)cc1. The summed E-state index contributed by atoms with van der Waals surface area (Å²) in [6, 6.07) is 63.8. The van der Waals surface area contributed by atoms with Crippen molar-refractivity contribution in [3.05, 3.63) is 176 Å². The van der Waals surface area contributed by atoms with Gasteiger partial charge in [-0.15, -0.1) is 0 Å². The average Bonchev–Trinajstić information content (AvgIpc) is 3.54. The Hall–Kier alpha value is -6.52. The number of hydrogen-bond donors (Lipinski definition) is 0. The average molecular weight is 637 g/mol. The molecule has 3 nitrogen and oxygen atoms in total. The third-order valence-electron chi connectivity index (χ3n) is 10.6. The van der Waals surface area contributed by atoms with Gasteiger partial charge in [0.2, 0.25) is 0 Å². The van der Waals surface area contributed by atoms with E-state index in [1.165, 1.54) is 61.0 Å². The Kier molecular flexibility index (Phi) is 5.76. The molecule has 9 aromatic rings. The van der Waals surface area contributed by atoms with Crippen LogP contribution in [0.4, 0.5) is 34.1 Å². The molecule has 1 aromatic heterocycles. The van der Waals surface area contributed by atoms with Gasteiger partial charge in [-0.1, -0.05) is 103 Å². The highest BCUT2D eigenvalue weighted by molar-refractivity contribution is 7.00. The second-order valence-electron chi connectivity index (χ2n) is 13.3. The molecular formula is C46H29BN2O. The predicted octanol–water partition coefficient (Wildman–Crippen LogP) is 10.5. The summed E-state index contributed by atoms with van der Waals surface area (Å²) in [5, 5.41) is 4.69. The van der Waals surface area contributed by atoms with Crippen LogP contribution in [0.2, 0.25) is 0 Å². The number of furan rings is 1. The maximum Gasteiger partial charge on any atom is 0.252 e.